The number of anilines is 1. The van der Waals surface area contributed by atoms with Crippen LogP contribution in [0.4, 0.5) is 5.82 Å². The molecule has 0 spiro atoms. The van der Waals surface area contributed by atoms with Crippen LogP contribution in [0.5, 0.6) is 0 Å². The average Bonchev–Trinajstić information content (AvgIpc) is 3.09. The van der Waals surface area contributed by atoms with Gasteiger partial charge in [-0.25, -0.2) is 9.97 Å². The second-order valence-electron chi connectivity index (χ2n) is 4.96. The molecule has 2 rings (SSSR count). The molecule has 1 unspecified atom stereocenters. The Hall–Kier alpha value is -1.20. The third-order valence-electron chi connectivity index (χ3n) is 2.85. The topological polar surface area (TPSA) is 67.3 Å². The first-order chi connectivity index (χ1) is 8.63. The lowest BCUT2D eigenvalue weighted by atomic mass is 10.3. The van der Waals surface area contributed by atoms with Gasteiger partial charge in [0.1, 0.15) is 11.6 Å². The molecule has 100 valence electrons. The van der Waals surface area contributed by atoms with Gasteiger partial charge in [-0.1, -0.05) is 0 Å². The number of rotatable bonds is 7. The summed E-state index contributed by atoms with van der Waals surface area (Å²) in [6.07, 6.45) is 2.04. The number of nitrogens with zero attached hydrogens (tertiary/aromatic N) is 2. The third kappa shape index (κ3) is 4.58. The number of ether oxygens (including phenoxy) is 1. The molecule has 0 bridgehead atoms. The molecule has 0 radical (unpaired) electrons. The monoisotopic (exact) mass is 251 g/mol. The van der Waals surface area contributed by atoms with Crippen molar-refractivity contribution >= 4 is 5.82 Å². The van der Waals surface area contributed by atoms with E-state index in [-0.39, 0.29) is 0 Å². The minimum Gasteiger partial charge on any atom is -0.389 e. The van der Waals surface area contributed by atoms with E-state index in [4.69, 9.17) is 4.74 Å². The number of hydrogen-bond donors (Lipinski definition) is 2. The molecular weight excluding hydrogens is 230 g/mol. The molecule has 18 heavy (non-hydrogen) atoms. The van der Waals surface area contributed by atoms with Gasteiger partial charge in [-0.05, 0) is 32.6 Å². The van der Waals surface area contributed by atoms with Gasteiger partial charge in [0, 0.05) is 24.9 Å². The zero-order chi connectivity index (χ0) is 13.0. The van der Waals surface area contributed by atoms with Crippen molar-refractivity contribution in [3.63, 3.8) is 0 Å². The zero-order valence-electron chi connectivity index (χ0n) is 11.0. The van der Waals surface area contributed by atoms with Gasteiger partial charge >= 0.3 is 0 Å². The molecule has 5 heteroatoms. The highest BCUT2D eigenvalue weighted by Crippen LogP contribution is 2.28. The van der Waals surface area contributed by atoms with Gasteiger partial charge < -0.3 is 15.2 Å². The molecule has 0 aliphatic heterocycles. The standard InChI is InChI=1S/C13H21N3O2/c1-9-5-13(16-10(2)15-9)14-6-12(17)8-18-7-11-3-4-11/h5,11-12,17H,3-4,6-8H2,1-2H3,(H,14,15,16). The van der Waals surface area contributed by atoms with Crippen LogP contribution >= 0.6 is 0 Å². The van der Waals surface area contributed by atoms with Crippen molar-refractivity contribution in [2.75, 3.05) is 25.1 Å². The SMILES string of the molecule is Cc1cc(NCC(O)COCC2CC2)nc(C)n1. The van der Waals surface area contributed by atoms with Crippen LogP contribution in [0.25, 0.3) is 0 Å². The number of aromatic nitrogens is 2. The van der Waals surface area contributed by atoms with Crippen LogP contribution in [-0.2, 0) is 4.74 Å². The normalized spacial score (nSPS) is 16.6. The molecule has 1 saturated carbocycles. The van der Waals surface area contributed by atoms with Gasteiger partial charge in [-0.15, -0.1) is 0 Å². The van der Waals surface area contributed by atoms with E-state index >= 15 is 0 Å². The Morgan fingerprint density at radius 2 is 2.22 bits per heavy atom. The first kappa shape index (κ1) is 13.2. The minimum atomic E-state index is -0.501. The fourth-order valence-corrected chi connectivity index (χ4v) is 1.74. The summed E-state index contributed by atoms with van der Waals surface area (Å²) in [5, 5.41) is 12.9. The van der Waals surface area contributed by atoms with Crippen molar-refractivity contribution in [2.24, 2.45) is 5.92 Å². The van der Waals surface area contributed by atoms with Crippen LogP contribution < -0.4 is 5.32 Å². The first-order valence-corrected chi connectivity index (χ1v) is 6.45. The number of nitrogens with one attached hydrogen (secondary N) is 1. The fourth-order valence-electron chi connectivity index (χ4n) is 1.74. The first-order valence-electron chi connectivity index (χ1n) is 6.45. The Labute approximate surface area is 108 Å². The molecule has 2 N–H and O–H groups in total. The Balaban J connectivity index is 1.68. The van der Waals surface area contributed by atoms with Crippen LogP contribution in [0.15, 0.2) is 6.07 Å². The van der Waals surface area contributed by atoms with E-state index in [0.29, 0.717) is 13.2 Å². The van der Waals surface area contributed by atoms with Gasteiger partial charge in [-0.2, -0.15) is 0 Å². The highest BCUT2D eigenvalue weighted by atomic mass is 16.5. The number of aryl methyl sites for hydroxylation is 2. The Morgan fingerprint density at radius 3 is 2.89 bits per heavy atom. The van der Waals surface area contributed by atoms with Gasteiger partial charge in [0.05, 0.1) is 12.7 Å². The van der Waals surface area contributed by atoms with Gasteiger partial charge in [-0.3, -0.25) is 0 Å². The van der Waals surface area contributed by atoms with Crippen molar-refractivity contribution in [2.45, 2.75) is 32.8 Å². The molecule has 0 aromatic carbocycles. The summed E-state index contributed by atoms with van der Waals surface area (Å²) >= 11 is 0. The molecule has 1 aromatic rings. The molecule has 1 aromatic heterocycles. The number of aliphatic hydroxyl groups excluding tert-OH is 1. The molecular formula is C13H21N3O2. The Kier molecular flexibility index (Phi) is 4.49. The molecule has 1 atom stereocenters. The summed E-state index contributed by atoms with van der Waals surface area (Å²) in [7, 11) is 0. The highest BCUT2D eigenvalue weighted by molar-refractivity contribution is 5.35. The maximum absolute atomic E-state index is 9.75. The van der Waals surface area contributed by atoms with Crippen molar-refractivity contribution < 1.29 is 9.84 Å². The summed E-state index contributed by atoms with van der Waals surface area (Å²) in [5.41, 5.74) is 0.921. The lowest BCUT2D eigenvalue weighted by Crippen LogP contribution is -2.25. The van der Waals surface area contributed by atoms with Crippen LogP contribution in [0.3, 0.4) is 0 Å². The predicted molar refractivity (Wildman–Crippen MR) is 69.5 cm³/mol. The largest absolute Gasteiger partial charge is 0.389 e. The third-order valence-corrected chi connectivity index (χ3v) is 2.85. The summed E-state index contributed by atoms with van der Waals surface area (Å²) in [4.78, 5) is 8.45. The average molecular weight is 251 g/mol. The molecule has 1 fully saturated rings. The second kappa shape index (κ2) is 6.11. The van der Waals surface area contributed by atoms with E-state index in [2.05, 4.69) is 15.3 Å². The molecule has 0 amide bonds. The van der Waals surface area contributed by atoms with Crippen LogP contribution in [0.1, 0.15) is 24.4 Å². The lowest BCUT2D eigenvalue weighted by molar-refractivity contribution is 0.0385. The van der Waals surface area contributed by atoms with E-state index in [1.165, 1.54) is 12.8 Å². The number of hydrogen-bond acceptors (Lipinski definition) is 5. The fraction of sp³-hybridized carbons (Fsp3) is 0.692. The Bertz CT molecular complexity index is 374. The summed E-state index contributed by atoms with van der Waals surface area (Å²) in [6.45, 7) is 5.39. The van der Waals surface area contributed by atoms with Gasteiger partial charge in [0.25, 0.3) is 0 Å². The van der Waals surface area contributed by atoms with Crippen molar-refractivity contribution in [1.82, 2.24) is 9.97 Å². The summed E-state index contributed by atoms with van der Waals surface area (Å²) < 4.78 is 5.43. The van der Waals surface area contributed by atoms with E-state index in [1.54, 1.807) is 0 Å². The Morgan fingerprint density at radius 1 is 1.44 bits per heavy atom. The maximum atomic E-state index is 9.75. The molecule has 0 saturated heterocycles. The molecule has 1 aliphatic carbocycles. The van der Waals surface area contributed by atoms with E-state index < -0.39 is 6.10 Å². The van der Waals surface area contributed by atoms with E-state index in [1.807, 2.05) is 19.9 Å². The quantitative estimate of drug-likeness (QED) is 0.764. The van der Waals surface area contributed by atoms with E-state index in [0.717, 1.165) is 29.9 Å². The van der Waals surface area contributed by atoms with Crippen LogP contribution in [0.2, 0.25) is 0 Å². The summed E-state index contributed by atoms with van der Waals surface area (Å²) in [5.74, 6) is 2.22. The van der Waals surface area contributed by atoms with Crippen molar-refractivity contribution in [3.8, 4) is 0 Å². The number of aliphatic hydroxyl groups is 1. The minimum absolute atomic E-state index is 0.381. The highest BCUT2D eigenvalue weighted by Gasteiger charge is 2.21. The zero-order valence-corrected chi connectivity index (χ0v) is 11.0. The molecule has 5 nitrogen and oxygen atoms in total. The smallest absolute Gasteiger partial charge is 0.130 e. The van der Waals surface area contributed by atoms with E-state index in [9.17, 15) is 5.11 Å². The summed E-state index contributed by atoms with van der Waals surface area (Å²) in [6, 6.07) is 1.87. The van der Waals surface area contributed by atoms with Crippen LogP contribution in [-0.4, -0.2) is 40.9 Å². The van der Waals surface area contributed by atoms with Gasteiger partial charge in [0.2, 0.25) is 0 Å². The molecule has 1 aliphatic rings. The predicted octanol–water partition coefficient (Wildman–Crippen LogP) is 1.29. The lowest BCUT2D eigenvalue weighted by Gasteiger charge is -2.13. The molecule has 1 heterocycles. The second-order valence-corrected chi connectivity index (χ2v) is 4.96. The maximum Gasteiger partial charge on any atom is 0.130 e. The van der Waals surface area contributed by atoms with Crippen LogP contribution in [0, 0.1) is 19.8 Å². The van der Waals surface area contributed by atoms with Gasteiger partial charge in [0.15, 0.2) is 0 Å². The van der Waals surface area contributed by atoms with Crippen molar-refractivity contribution in [3.05, 3.63) is 17.6 Å². The van der Waals surface area contributed by atoms with Crippen molar-refractivity contribution in [1.29, 1.82) is 0 Å².